The molecule has 0 fully saturated rings. The average molecular weight is 268 g/mol. The molecule has 0 atom stereocenters. The van der Waals surface area contributed by atoms with Crippen LogP contribution >= 0.6 is 0 Å². The molecule has 0 saturated heterocycles. The summed E-state index contributed by atoms with van der Waals surface area (Å²) in [5.41, 5.74) is 6.67. The molecule has 0 aliphatic rings. The molecule has 19 heavy (non-hydrogen) atoms. The SMILES string of the molecule is CC(C)n1ccc(-c2cnc(N)c(OC(F)F)c2)n1. The number of nitrogens with two attached hydrogens (primary N) is 1. The first-order valence-electron chi connectivity index (χ1n) is 5.73. The summed E-state index contributed by atoms with van der Waals surface area (Å²) in [6.07, 6.45) is 3.28. The second-order valence-electron chi connectivity index (χ2n) is 4.26. The normalized spacial score (nSPS) is 11.3. The van der Waals surface area contributed by atoms with E-state index in [1.165, 1.54) is 12.3 Å². The molecule has 0 aliphatic carbocycles. The molecule has 2 aromatic heterocycles. The number of alkyl halides is 2. The Hall–Kier alpha value is -2.18. The van der Waals surface area contributed by atoms with Crippen LogP contribution in [0.2, 0.25) is 0 Å². The minimum atomic E-state index is -2.94. The second kappa shape index (κ2) is 5.21. The highest BCUT2D eigenvalue weighted by atomic mass is 19.3. The quantitative estimate of drug-likeness (QED) is 0.925. The molecule has 0 aromatic carbocycles. The minimum Gasteiger partial charge on any atom is -0.431 e. The van der Waals surface area contributed by atoms with Gasteiger partial charge in [0.2, 0.25) is 0 Å². The van der Waals surface area contributed by atoms with Gasteiger partial charge in [-0.1, -0.05) is 0 Å². The van der Waals surface area contributed by atoms with E-state index in [1.54, 1.807) is 10.7 Å². The summed E-state index contributed by atoms with van der Waals surface area (Å²) >= 11 is 0. The number of ether oxygens (including phenoxy) is 1. The maximum Gasteiger partial charge on any atom is 0.387 e. The van der Waals surface area contributed by atoms with Crippen molar-refractivity contribution in [3.05, 3.63) is 24.5 Å². The van der Waals surface area contributed by atoms with Gasteiger partial charge in [-0.2, -0.15) is 13.9 Å². The molecule has 7 heteroatoms. The minimum absolute atomic E-state index is 0.0765. The molecular weight excluding hydrogens is 254 g/mol. The fourth-order valence-electron chi connectivity index (χ4n) is 1.57. The van der Waals surface area contributed by atoms with Crippen LogP contribution in [0.25, 0.3) is 11.3 Å². The lowest BCUT2D eigenvalue weighted by atomic mass is 10.2. The van der Waals surface area contributed by atoms with Crippen molar-refractivity contribution in [1.29, 1.82) is 0 Å². The van der Waals surface area contributed by atoms with E-state index in [0.717, 1.165) is 0 Å². The van der Waals surface area contributed by atoms with Crippen LogP contribution in [0.5, 0.6) is 5.75 Å². The van der Waals surface area contributed by atoms with E-state index >= 15 is 0 Å². The van der Waals surface area contributed by atoms with Crippen LogP contribution in [0, 0.1) is 0 Å². The van der Waals surface area contributed by atoms with Gasteiger partial charge in [-0.05, 0) is 26.0 Å². The summed E-state index contributed by atoms with van der Waals surface area (Å²) < 4.78 is 30.5. The van der Waals surface area contributed by atoms with Crippen LogP contribution in [0.4, 0.5) is 14.6 Å². The third-order valence-corrected chi connectivity index (χ3v) is 2.53. The number of halogens is 2. The van der Waals surface area contributed by atoms with Crippen molar-refractivity contribution in [3.8, 4) is 17.0 Å². The summed E-state index contributed by atoms with van der Waals surface area (Å²) in [4.78, 5) is 3.83. The number of hydrogen-bond donors (Lipinski definition) is 1. The first kappa shape index (κ1) is 13.3. The van der Waals surface area contributed by atoms with Crippen molar-refractivity contribution in [2.75, 3.05) is 5.73 Å². The molecule has 5 nitrogen and oxygen atoms in total. The van der Waals surface area contributed by atoms with Crippen LogP contribution in [-0.4, -0.2) is 21.4 Å². The zero-order chi connectivity index (χ0) is 14.0. The highest BCUT2D eigenvalue weighted by Gasteiger charge is 2.12. The van der Waals surface area contributed by atoms with Crippen LogP contribution in [0.1, 0.15) is 19.9 Å². The molecular formula is C12H14F2N4O. The Morgan fingerprint density at radius 3 is 2.68 bits per heavy atom. The van der Waals surface area contributed by atoms with Gasteiger partial charge in [0.1, 0.15) is 0 Å². The fraction of sp³-hybridized carbons (Fsp3) is 0.333. The van der Waals surface area contributed by atoms with E-state index in [1.807, 2.05) is 20.0 Å². The van der Waals surface area contributed by atoms with Crippen LogP contribution in [-0.2, 0) is 0 Å². The first-order chi connectivity index (χ1) is 8.97. The van der Waals surface area contributed by atoms with Gasteiger partial charge in [-0.15, -0.1) is 0 Å². The number of pyridine rings is 1. The molecule has 2 heterocycles. The lowest BCUT2D eigenvalue weighted by Crippen LogP contribution is -2.06. The van der Waals surface area contributed by atoms with E-state index in [4.69, 9.17) is 5.73 Å². The van der Waals surface area contributed by atoms with Gasteiger partial charge in [-0.3, -0.25) is 4.68 Å². The Kier molecular flexibility index (Phi) is 3.64. The molecule has 0 radical (unpaired) electrons. The number of nitrogens with zero attached hydrogens (tertiary/aromatic N) is 3. The second-order valence-corrected chi connectivity index (χ2v) is 4.26. The number of anilines is 1. The van der Waals surface area contributed by atoms with Gasteiger partial charge in [0.05, 0.1) is 5.69 Å². The van der Waals surface area contributed by atoms with Crippen LogP contribution in [0.15, 0.2) is 24.5 Å². The van der Waals surface area contributed by atoms with Crippen molar-refractivity contribution in [2.45, 2.75) is 26.5 Å². The van der Waals surface area contributed by atoms with Crippen LogP contribution < -0.4 is 10.5 Å². The van der Waals surface area contributed by atoms with Crippen LogP contribution in [0.3, 0.4) is 0 Å². The van der Waals surface area contributed by atoms with Gasteiger partial charge in [-0.25, -0.2) is 4.98 Å². The first-order valence-corrected chi connectivity index (χ1v) is 5.73. The third kappa shape index (κ3) is 2.98. The Bertz CT molecular complexity index is 569. The predicted octanol–water partition coefficient (Wildman–Crippen LogP) is 2.71. The molecule has 102 valence electrons. The predicted molar refractivity (Wildman–Crippen MR) is 66.9 cm³/mol. The topological polar surface area (TPSA) is 66.0 Å². The average Bonchev–Trinajstić information content (AvgIpc) is 2.81. The number of hydrogen-bond acceptors (Lipinski definition) is 4. The molecule has 0 aliphatic heterocycles. The fourth-order valence-corrected chi connectivity index (χ4v) is 1.57. The van der Waals surface area contributed by atoms with E-state index in [-0.39, 0.29) is 17.6 Å². The van der Waals surface area contributed by atoms with Crippen molar-refractivity contribution in [3.63, 3.8) is 0 Å². The van der Waals surface area contributed by atoms with E-state index in [0.29, 0.717) is 11.3 Å². The number of rotatable bonds is 4. The maximum absolute atomic E-state index is 12.2. The highest BCUT2D eigenvalue weighted by Crippen LogP contribution is 2.27. The van der Waals surface area contributed by atoms with Gasteiger partial charge >= 0.3 is 6.61 Å². The summed E-state index contributed by atoms with van der Waals surface area (Å²) in [6, 6.07) is 3.40. The third-order valence-electron chi connectivity index (χ3n) is 2.53. The standard InChI is InChI=1S/C12H14F2N4O/c1-7(2)18-4-3-9(17-18)8-5-10(19-12(13)14)11(15)16-6-8/h3-7,12H,1-2H3,(H2,15,16). The smallest absolute Gasteiger partial charge is 0.387 e. The zero-order valence-corrected chi connectivity index (χ0v) is 10.5. The Morgan fingerprint density at radius 1 is 1.37 bits per heavy atom. The monoisotopic (exact) mass is 268 g/mol. The Morgan fingerprint density at radius 2 is 2.11 bits per heavy atom. The summed E-state index contributed by atoms with van der Waals surface area (Å²) in [5.74, 6) is -0.223. The molecule has 0 saturated carbocycles. The lowest BCUT2D eigenvalue weighted by Gasteiger charge is -2.08. The molecule has 2 aromatic rings. The van der Waals surface area contributed by atoms with Gasteiger partial charge < -0.3 is 10.5 Å². The molecule has 0 amide bonds. The lowest BCUT2D eigenvalue weighted by molar-refractivity contribution is -0.0494. The van der Waals surface area contributed by atoms with Crippen molar-refractivity contribution < 1.29 is 13.5 Å². The summed E-state index contributed by atoms with van der Waals surface area (Å²) in [5, 5.41) is 4.32. The maximum atomic E-state index is 12.2. The Balaban J connectivity index is 2.33. The van der Waals surface area contributed by atoms with E-state index < -0.39 is 6.61 Å². The van der Waals surface area contributed by atoms with Crippen molar-refractivity contribution >= 4 is 5.82 Å². The molecule has 0 bridgehead atoms. The molecule has 2 rings (SSSR count). The molecule has 2 N–H and O–H groups in total. The van der Waals surface area contributed by atoms with E-state index in [9.17, 15) is 8.78 Å². The zero-order valence-electron chi connectivity index (χ0n) is 10.5. The van der Waals surface area contributed by atoms with Crippen molar-refractivity contribution in [2.24, 2.45) is 0 Å². The van der Waals surface area contributed by atoms with Gasteiger partial charge in [0, 0.05) is 24.0 Å². The highest BCUT2D eigenvalue weighted by molar-refractivity contribution is 5.63. The molecule has 0 spiro atoms. The van der Waals surface area contributed by atoms with Crippen molar-refractivity contribution in [1.82, 2.24) is 14.8 Å². The largest absolute Gasteiger partial charge is 0.431 e. The van der Waals surface area contributed by atoms with Gasteiger partial charge in [0.25, 0.3) is 0 Å². The number of nitrogen functional groups attached to an aromatic ring is 1. The van der Waals surface area contributed by atoms with E-state index in [2.05, 4.69) is 14.8 Å². The van der Waals surface area contributed by atoms with Gasteiger partial charge in [0.15, 0.2) is 11.6 Å². The molecule has 0 unspecified atom stereocenters. The Labute approximate surface area is 109 Å². The summed E-state index contributed by atoms with van der Waals surface area (Å²) in [7, 11) is 0. The number of aromatic nitrogens is 3. The summed E-state index contributed by atoms with van der Waals surface area (Å²) in [6.45, 7) is 1.04.